The van der Waals surface area contributed by atoms with Crippen LogP contribution in [0.3, 0.4) is 0 Å². The molecule has 2 heterocycles. The van der Waals surface area contributed by atoms with E-state index < -0.39 is 29.2 Å². The van der Waals surface area contributed by atoms with E-state index >= 15 is 0 Å². The summed E-state index contributed by atoms with van der Waals surface area (Å²) in [6.45, 7) is 2.14. The summed E-state index contributed by atoms with van der Waals surface area (Å²) in [5.74, 6) is -2.01. The Bertz CT molecular complexity index is 1130. The van der Waals surface area contributed by atoms with Crippen LogP contribution in [0.15, 0.2) is 54.7 Å². The summed E-state index contributed by atoms with van der Waals surface area (Å²) in [5.41, 5.74) is -1.39. The van der Waals surface area contributed by atoms with Gasteiger partial charge >= 0.3 is 6.18 Å². The normalized spacial score (nSPS) is 15.5. The van der Waals surface area contributed by atoms with Crippen LogP contribution >= 0.6 is 0 Å². The van der Waals surface area contributed by atoms with Crippen molar-refractivity contribution in [2.24, 2.45) is 0 Å². The second kappa shape index (κ2) is 9.30. The third-order valence-corrected chi connectivity index (χ3v) is 5.54. The van der Waals surface area contributed by atoms with Crippen molar-refractivity contribution in [2.45, 2.75) is 19.1 Å². The molecule has 1 saturated heterocycles. The van der Waals surface area contributed by atoms with Gasteiger partial charge in [-0.15, -0.1) is 0 Å². The van der Waals surface area contributed by atoms with Crippen LogP contribution in [0, 0.1) is 11.6 Å². The fraction of sp³-hybridized carbons (Fsp3) is 0.304. The van der Waals surface area contributed by atoms with E-state index in [2.05, 4.69) is 10.00 Å². The summed E-state index contributed by atoms with van der Waals surface area (Å²) >= 11 is 0. The summed E-state index contributed by atoms with van der Waals surface area (Å²) in [5, 5.41) is 3.70. The number of benzene rings is 2. The van der Waals surface area contributed by atoms with E-state index in [4.69, 9.17) is 0 Å². The molecule has 1 amide bonds. The summed E-state index contributed by atoms with van der Waals surface area (Å²) in [6, 6.07) is 11.0. The van der Waals surface area contributed by atoms with Gasteiger partial charge < -0.3 is 4.90 Å². The molecule has 174 valence electrons. The molecule has 0 radical (unpaired) electrons. The van der Waals surface area contributed by atoms with Gasteiger partial charge in [-0.05, 0) is 36.2 Å². The highest BCUT2D eigenvalue weighted by atomic mass is 19.4. The van der Waals surface area contributed by atoms with Crippen molar-refractivity contribution >= 4 is 5.91 Å². The summed E-state index contributed by atoms with van der Waals surface area (Å²) in [7, 11) is 0. The molecule has 0 aliphatic carbocycles. The molecule has 1 aliphatic heterocycles. The maximum atomic E-state index is 14.2. The Morgan fingerprint density at radius 1 is 0.939 bits per heavy atom. The smallest absolute Gasteiger partial charge is 0.337 e. The van der Waals surface area contributed by atoms with E-state index in [0.717, 1.165) is 17.8 Å². The molecule has 0 bridgehead atoms. The van der Waals surface area contributed by atoms with Crippen LogP contribution in [0.25, 0.3) is 5.69 Å². The molecule has 3 aromatic rings. The number of amides is 1. The lowest BCUT2D eigenvalue weighted by atomic mass is 10.2. The van der Waals surface area contributed by atoms with Crippen molar-refractivity contribution < 1.29 is 26.7 Å². The van der Waals surface area contributed by atoms with Crippen LogP contribution < -0.4 is 0 Å². The first-order chi connectivity index (χ1) is 15.7. The van der Waals surface area contributed by atoms with Gasteiger partial charge in [-0.25, -0.2) is 13.5 Å². The molecule has 0 spiro atoms. The monoisotopic (exact) mass is 464 g/mol. The molecular weight excluding hydrogens is 443 g/mol. The maximum absolute atomic E-state index is 14.2. The van der Waals surface area contributed by atoms with Crippen LogP contribution in [-0.2, 0) is 12.7 Å². The Hall–Kier alpha value is -3.27. The predicted molar refractivity (Wildman–Crippen MR) is 111 cm³/mol. The Morgan fingerprint density at radius 2 is 1.67 bits per heavy atom. The first-order valence-electron chi connectivity index (χ1n) is 10.4. The van der Waals surface area contributed by atoms with Gasteiger partial charge in [-0.2, -0.15) is 18.3 Å². The van der Waals surface area contributed by atoms with E-state index in [9.17, 15) is 26.7 Å². The summed E-state index contributed by atoms with van der Waals surface area (Å²) in [6.07, 6.45) is -3.50. The molecule has 0 unspecified atom stereocenters. The van der Waals surface area contributed by atoms with Crippen LogP contribution in [0.5, 0.6) is 0 Å². The molecule has 5 nitrogen and oxygen atoms in total. The van der Waals surface area contributed by atoms with Crippen molar-refractivity contribution in [3.8, 4) is 5.69 Å². The van der Waals surface area contributed by atoms with Crippen molar-refractivity contribution in [3.05, 3.63) is 83.2 Å². The predicted octanol–water partition coefficient (Wildman–Crippen LogP) is 4.52. The van der Waals surface area contributed by atoms with E-state index in [0.29, 0.717) is 30.7 Å². The van der Waals surface area contributed by atoms with Gasteiger partial charge in [0.25, 0.3) is 5.91 Å². The molecule has 1 fully saturated rings. The zero-order valence-corrected chi connectivity index (χ0v) is 17.5. The lowest BCUT2D eigenvalue weighted by molar-refractivity contribution is -0.143. The number of hydrogen-bond acceptors (Lipinski definition) is 3. The average molecular weight is 464 g/mol. The van der Waals surface area contributed by atoms with E-state index in [1.807, 2.05) is 0 Å². The number of alkyl halides is 3. The molecule has 33 heavy (non-hydrogen) atoms. The molecule has 1 aromatic heterocycles. The fourth-order valence-electron chi connectivity index (χ4n) is 3.93. The Morgan fingerprint density at radius 3 is 2.36 bits per heavy atom. The number of aromatic nitrogens is 2. The second-order valence-electron chi connectivity index (χ2n) is 7.82. The molecule has 2 aromatic carbocycles. The summed E-state index contributed by atoms with van der Waals surface area (Å²) in [4.78, 5) is 16.5. The van der Waals surface area contributed by atoms with Crippen LogP contribution in [0.1, 0.15) is 28.0 Å². The zero-order chi connectivity index (χ0) is 23.6. The number of halogens is 5. The largest absolute Gasteiger partial charge is 0.434 e. The molecule has 0 saturated carbocycles. The van der Waals surface area contributed by atoms with Gasteiger partial charge in [-0.3, -0.25) is 9.69 Å². The quantitative estimate of drug-likeness (QED) is 0.534. The zero-order valence-electron chi connectivity index (χ0n) is 17.5. The highest BCUT2D eigenvalue weighted by Gasteiger charge is 2.42. The molecule has 1 aliphatic rings. The fourth-order valence-corrected chi connectivity index (χ4v) is 3.93. The van der Waals surface area contributed by atoms with Crippen LogP contribution in [0.2, 0.25) is 0 Å². The number of hydrogen-bond donors (Lipinski definition) is 0. The van der Waals surface area contributed by atoms with Gasteiger partial charge in [0.15, 0.2) is 5.69 Å². The SMILES string of the molecule is O=C(c1cnn(-c2ccccc2F)c1C(F)(F)F)N1CCCN(Cc2ccc(F)cc2)CC1. The molecule has 10 heteroatoms. The van der Waals surface area contributed by atoms with Gasteiger partial charge in [0.1, 0.15) is 17.3 Å². The number of nitrogens with zero attached hydrogens (tertiary/aromatic N) is 4. The molecule has 0 N–H and O–H groups in total. The van der Waals surface area contributed by atoms with Gasteiger partial charge in [0, 0.05) is 32.7 Å². The molecule has 4 rings (SSSR count). The topological polar surface area (TPSA) is 41.4 Å². The highest BCUT2D eigenvalue weighted by Crippen LogP contribution is 2.34. The molecular formula is C23H21F5N4O. The lowest BCUT2D eigenvalue weighted by Gasteiger charge is -2.22. The first kappa shape index (κ1) is 22.9. The van der Waals surface area contributed by atoms with E-state index in [1.165, 1.54) is 35.2 Å². The standard InChI is InChI=1S/C23H21F5N4O/c24-17-8-6-16(7-9-17)15-30-10-3-11-31(13-12-30)22(33)18-14-29-32(21(18)23(26,27)28)20-5-2-1-4-19(20)25/h1-2,4-9,14H,3,10-13,15H2. The van der Waals surface area contributed by atoms with Crippen molar-refractivity contribution in [1.29, 1.82) is 0 Å². The van der Waals surface area contributed by atoms with Gasteiger partial charge in [0.05, 0.1) is 11.8 Å². The minimum Gasteiger partial charge on any atom is -0.337 e. The van der Waals surface area contributed by atoms with E-state index in [1.54, 1.807) is 12.1 Å². The van der Waals surface area contributed by atoms with Crippen molar-refractivity contribution in [2.75, 3.05) is 26.2 Å². The average Bonchev–Trinajstić information content (AvgIpc) is 3.10. The van der Waals surface area contributed by atoms with Gasteiger partial charge in [0.2, 0.25) is 0 Å². The maximum Gasteiger partial charge on any atom is 0.434 e. The number of para-hydroxylation sites is 1. The first-order valence-corrected chi connectivity index (χ1v) is 10.4. The highest BCUT2D eigenvalue weighted by molar-refractivity contribution is 5.95. The van der Waals surface area contributed by atoms with Crippen LogP contribution in [0.4, 0.5) is 22.0 Å². The third-order valence-electron chi connectivity index (χ3n) is 5.54. The lowest BCUT2D eigenvalue weighted by Crippen LogP contribution is -2.36. The Kier molecular flexibility index (Phi) is 6.46. The van der Waals surface area contributed by atoms with Crippen molar-refractivity contribution in [1.82, 2.24) is 19.6 Å². The number of rotatable bonds is 4. The minimum atomic E-state index is -4.91. The summed E-state index contributed by atoms with van der Waals surface area (Å²) < 4.78 is 69.4. The number of carbonyl (C=O) groups is 1. The number of carbonyl (C=O) groups excluding carboxylic acids is 1. The minimum absolute atomic E-state index is 0.224. The Labute approximate surface area is 187 Å². The van der Waals surface area contributed by atoms with E-state index in [-0.39, 0.29) is 24.6 Å². The Balaban J connectivity index is 1.54. The van der Waals surface area contributed by atoms with Crippen molar-refractivity contribution in [3.63, 3.8) is 0 Å². The second-order valence-corrected chi connectivity index (χ2v) is 7.82. The third kappa shape index (κ3) is 5.05. The molecule has 0 atom stereocenters. The van der Waals surface area contributed by atoms with Crippen LogP contribution in [-0.4, -0.2) is 51.7 Å². The van der Waals surface area contributed by atoms with Gasteiger partial charge in [-0.1, -0.05) is 24.3 Å².